The van der Waals surface area contributed by atoms with Crippen LogP contribution >= 0.6 is 7.82 Å². The summed E-state index contributed by atoms with van der Waals surface area (Å²) in [5.74, 6) is -0.311. The summed E-state index contributed by atoms with van der Waals surface area (Å²) in [6.45, 7) is 5.78. The molecule has 0 fully saturated rings. The van der Waals surface area contributed by atoms with E-state index in [0.29, 0.717) is 19.3 Å². The molecule has 0 aliphatic heterocycles. The van der Waals surface area contributed by atoms with E-state index in [4.69, 9.17) is 19.3 Å². The second-order valence-corrected chi connectivity index (χ2v) is 14.5. The maximum absolute atomic E-state index is 12.3. The second kappa shape index (κ2) is 32.4. The number of aliphatic hydroxyl groups excluding tert-OH is 1. The first-order valence-corrected chi connectivity index (χ1v) is 20.3. The van der Waals surface area contributed by atoms with E-state index >= 15 is 0 Å². The first-order chi connectivity index (χ1) is 23.0. The number of aliphatic hydroxyl groups is 1. The van der Waals surface area contributed by atoms with Crippen LogP contribution in [0.15, 0.2) is 36.5 Å². The number of hydrogen-bond acceptors (Lipinski definition) is 7. The number of esters is 2. The molecule has 1 unspecified atom stereocenters. The molecular weight excluding hydrogens is 631 g/mol. The number of carbonyl (C=O) groups is 2. The summed E-state index contributed by atoms with van der Waals surface area (Å²) in [6.07, 6.45) is 32.0. The van der Waals surface area contributed by atoms with Crippen molar-refractivity contribution >= 4 is 19.8 Å². The fraction of sp³-hybridized carbons (Fsp3) is 0.789. The molecule has 0 saturated carbocycles. The van der Waals surface area contributed by atoms with Crippen LogP contribution in [0.1, 0.15) is 162 Å². The Morgan fingerprint density at radius 1 is 0.688 bits per heavy atom. The molecule has 9 nitrogen and oxygen atoms in total. The van der Waals surface area contributed by atoms with Gasteiger partial charge in [0.15, 0.2) is 6.10 Å². The minimum Gasteiger partial charge on any atom is -0.462 e. The summed E-state index contributed by atoms with van der Waals surface area (Å²) in [4.78, 5) is 42.7. The molecular formula is C38H69O9P. The Hall–Kier alpha value is -1.77. The van der Waals surface area contributed by atoms with Crippen molar-refractivity contribution in [3.05, 3.63) is 36.5 Å². The van der Waals surface area contributed by atoms with Crippen LogP contribution in [0.3, 0.4) is 0 Å². The third kappa shape index (κ3) is 35.5. The quantitative estimate of drug-likeness (QED) is 0.0201. The van der Waals surface area contributed by atoms with Crippen LogP contribution in [0.2, 0.25) is 0 Å². The van der Waals surface area contributed by atoms with E-state index < -0.39 is 38.6 Å². The summed E-state index contributed by atoms with van der Waals surface area (Å²) < 4.78 is 26.2. The lowest BCUT2D eigenvalue weighted by Crippen LogP contribution is -2.29. The van der Waals surface area contributed by atoms with Gasteiger partial charge in [0.05, 0.1) is 12.7 Å². The van der Waals surface area contributed by atoms with E-state index in [1.165, 1.54) is 77.0 Å². The topological polar surface area (TPSA) is 140 Å². The minimum absolute atomic E-state index is 0.0437. The van der Waals surface area contributed by atoms with Crippen molar-refractivity contribution in [1.82, 2.24) is 0 Å². The van der Waals surface area contributed by atoms with Gasteiger partial charge in [-0.2, -0.15) is 0 Å². The molecule has 0 heterocycles. The molecule has 0 rings (SSSR count). The zero-order valence-corrected chi connectivity index (χ0v) is 31.3. The molecule has 48 heavy (non-hydrogen) atoms. The smallest absolute Gasteiger partial charge is 0.462 e. The Labute approximate surface area is 292 Å². The number of allylic oxidation sites excluding steroid dienone is 5. The number of unbranched alkanes of at least 4 members (excludes halogenated alkanes) is 14. The lowest BCUT2D eigenvalue weighted by Gasteiger charge is -2.18. The van der Waals surface area contributed by atoms with Crippen molar-refractivity contribution in [3.63, 3.8) is 0 Å². The van der Waals surface area contributed by atoms with E-state index in [9.17, 15) is 19.3 Å². The molecule has 0 aliphatic rings. The van der Waals surface area contributed by atoms with Crippen LogP contribution in [0.5, 0.6) is 0 Å². The third-order valence-corrected chi connectivity index (χ3v) is 8.43. The molecule has 0 aromatic carbocycles. The number of phosphoric ester groups is 1. The highest BCUT2D eigenvalue weighted by Crippen LogP contribution is 2.36. The SMILES string of the molecule is CCCCCCCC/C=C/C/C=C/C=C/C(O)CCCC(=O)OC[C@H](COP(=O)(O)O)OC(=O)CCCCCCCCCCCC(C)C. The Bertz CT molecular complexity index is 910. The Morgan fingerprint density at radius 3 is 1.94 bits per heavy atom. The maximum atomic E-state index is 12.3. The van der Waals surface area contributed by atoms with Gasteiger partial charge in [-0.25, -0.2) is 4.57 Å². The standard InChI is InChI=1S/C38H69O9P/c1-4-5-6-7-8-9-10-11-12-15-18-21-24-28-35(39)29-26-31-37(40)45-32-36(33-46-48(42,43)44)47-38(41)30-25-22-19-16-13-14-17-20-23-27-34(2)3/h11-12,18,21,24,28,34-36,39H,4-10,13-17,19-20,22-23,25-27,29-33H2,1-3H3,(H2,42,43,44)/b12-11+,21-18+,28-24+/t35?,36-/m1/s1. The first-order valence-electron chi connectivity index (χ1n) is 18.7. The number of phosphoric acid groups is 1. The molecule has 0 spiro atoms. The Balaban J connectivity index is 4.17. The molecule has 280 valence electrons. The van der Waals surface area contributed by atoms with Crippen molar-refractivity contribution in [2.24, 2.45) is 5.92 Å². The monoisotopic (exact) mass is 700 g/mol. The van der Waals surface area contributed by atoms with Crippen molar-refractivity contribution in [1.29, 1.82) is 0 Å². The molecule has 0 aromatic rings. The van der Waals surface area contributed by atoms with Crippen molar-refractivity contribution in [2.45, 2.75) is 174 Å². The van der Waals surface area contributed by atoms with Crippen molar-refractivity contribution in [2.75, 3.05) is 13.2 Å². The predicted octanol–water partition coefficient (Wildman–Crippen LogP) is 9.84. The van der Waals surface area contributed by atoms with Gasteiger partial charge < -0.3 is 24.4 Å². The van der Waals surface area contributed by atoms with Gasteiger partial charge in [0.25, 0.3) is 0 Å². The number of hydrogen-bond donors (Lipinski definition) is 3. The molecule has 0 aromatic heterocycles. The highest BCUT2D eigenvalue weighted by atomic mass is 31.2. The van der Waals surface area contributed by atoms with E-state index in [1.807, 2.05) is 12.2 Å². The summed E-state index contributed by atoms with van der Waals surface area (Å²) in [7, 11) is -4.79. The highest BCUT2D eigenvalue weighted by Gasteiger charge is 2.23. The molecule has 0 bridgehead atoms. The normalized spacial score (nSPS) is 13.6. The molecule has 10 heteroatoms. The van der Waals surface area contributed by atoms with E-state index in [-0.39, 0.29) is 19.4 Å². The molecule has 0 aliphatic carbocycles. The summed E-state index contributed by atoms with van der Waals surface area (Å²) in [5.41, 5.74) is 0. The second-order valence-electron chi connectivity index (χ2n) is 13.2. The molecule has 0 amide bonds. The zero-order chi connectivity index (χ0) is 35.7. The van der Waals surface area contributed by atoms with E-state index in [1.54, 1.807) is 12.2 Å². The zero-order valence-electron chi connectivity index (χ0n) is 30.4. The summed E-state index contributed by atoms with van der Waals surface area (Å²) in [6, 6.07) is 0. The fourth-order valence-electron chi connectivity index (χ4n) is 5.10. The molecule has 3 N–H and O–H groups in total. The predicted molar refractivity (Wildman–Crippen MR) is 194 cm³/mol. The number of carbonyl (C=O) groups excluding carboxylic acids is 2. The third-order valence-electron chi connectivity index (χ3n) is 7.94. The van der Waals surface area contributed by atoms with Gasteiger partial charge in [-0.3, -0.25) is 14.1 Å². The van der Waals surface area contributed by atoms with Gasteiger partial charge in [0, 0.05) is 12.8 Å². The molecule has 0 saturated heterocycles. The van der Waals surface area contributed by atoms with Crippen LogP contribution < -0.4 is 0 Å². The number of ether oxygens (including phenoxy) is 2. The molecule has 0 radical (unpaired) electrons. The van der Waals surface area contributed by atoms with Gasteiger partial charge in [0.1, 0.15) is 6.61 Å². The lowest BCUT2D eigenvalue weighted by molar-refractivity contribution is -0.161. The van der Waals surface area contributed by atoms with Crippen LogP contribution in [0.4, 0.5) is 0 Å². The Morgan fingerprint density at radius 2 is 1.29 bits per heavy atom. The van der Waals surface area contributed by atoms with Crippen molar-refractivity contribution in [3.8, 4) is 0 Å². The van der Waals surface area contributed by atoms with Crippen molar-refractivity contribution < 1.29 is 43.0 Å². The van der Waals surface area contributed by atoms with Crippen LogP contribution in [-0.2, 0) is 28.2 Å². The van der Waals surface area contributed by atoms with Gasteiger partial charge in [-0.15, -0.1) is 0 Å². The lowest BCUT2D eigenvalue weighted by atomic mass is 10.0. The Kier molecular flexibility index (Phi) is 31.2. The highest BCUT2D eigenvalue weighted by molar-refractivity contribution is 7.46. The van der Waals surface area contributed by atoms with Crippen LogP contribution in [0.25, 0.3) is 0 Å². The largest absolute Gasteiger partial charge is 0.469 e. The first kappa shape index (κ1) is 46.2. The average molecular weight is 701 g/mol. The van der Waals surface area contributed by atoms with Gasteiger partial charge >= 0.3 is 19.8 Å². The number of rotatable bonds is 33. The average Bonchev–Trinajstić information content (AvgIpc) is 3.02. The van der Waals surface area contributed by atoms with Gasteiger partial charge in [0.2, 0.25) is 0 Å². The van der Waals surface area contributed by atoms with E-state index in [2.05, 4.69) is 37.4 Å². The van der Waals surface area contributed by atoms with E-state index in [0.717, 1.165) is 38.0 Å². The van der Waals surface area contributed by atoms with Gasteiger partial charge in [-0.1, -0.05) is 147 Å². The minimum atomic E-state index is -4.79. The van der Waals surface area contributed by atoms with Crippen LogP contribution in [0, 0.1) is 5.92 Å². The maximum Gasteiger partial charge on any atom is 0.469 e. The van der Waals surface area contributed by atoms with Gasteiger partial charge in [-0.05, 0) is 44.4 Å². The summed E-state index contributed by atoms with van der Waals surface area (Å²) >= 11 is 0. The fourth-order valence-corrected chi connectivity index (χ4v) is 5.46. The summed E-state index contributed by atoms with van der Waals surface area (Å²) in [5, 5.41) is 10.2. The van der Waals surface area contributed by atoms with Crippen LogP contribution in [-0.4, -0.2) is 52.3 Å². The molecule has 2 atom stereocenters.